The third-order valence-corrected chi connectivity index (χ3v) is 2.02. The van der Waals surface area contributed by atoms with Gasteiger partial charge in [-0.3, -0.25) is 0 Å². The Morgan fingerprint density at radius 2 is 2.25 bits per heavy atom. The molecule has 0 fully saturated rings. The van der Waals surface area contributed by atoms with E-state index in [2.05, 4.69) is 16.3 Å². The van der Waals surface area contributed by atoms with E-state index in [0.717, 1.165) is 17.5 Å². The van der Waals surface area contributed by atoms with Crippen molar-refractivity contribution in [1.82, 2.24) is 0 Å². The summed E-state index contributed by atoms with van der Waals surface area (Å²) in [4.78, 5) is 0. The maximum atomic E-state index is 8.76. The van der Waals surface area contributed by atoms with E-state index in [1.54, 1.807) is 12.3 Å². The van der Waals surface area contributed by atoms with Crippen LogP contribution >= 0.6 is 0 Å². The number of nitrogens with two attached hydrogens (primary N) is 2. The molecule has 1 aromatic carbocycles. The fourth-order valence-electron chi connectivity index (χ4n) is 1.27. The Bertz CT molecular complexity index is 464. The van der Waals surface area contributed by atoms with Crippen molar-refractivity contribution in [2.45, 2.75) is 13.3 Å². The van der Waals surface area contributed by atoms with Crippen LogP contribution in [0.5, 0.6) is 0 Å². The first kappa shape index (κ1) is 11.7. The second-order valence-electron chi connectivity index (χ2n) is 3.15. The van der Waals surface area contributed by atoms with E-state index >= 15 is 0 Å². The highest BCUT2D eigenvalue weighted by atomic mass is 15.3. The molecular formula is C11H13N5. The van der Waals surface area contributed by atoms with Gasteiger partial charge in [0.05, 0.1) is 17.8 Å². The first-order valence-electron chi connectivity index (χ1n) is 4.82. The average molecular weight is 215 g/mol. The van der Waals surface area contributed by atoms with Gasteiger partial charge in [0.1, 0.15) is 0 Å². The molecule has 0 aliphatic carbocycles. The summed E-state index contributed by atoms with van der Waals surface area (Å²) in [5, 5.41) is 16.0. The first-order chi connectivity index (χ1) is 7.67. The quantitative estimate of drug-likeness (QED) is 0.441. The Kier molecular flexibility index (Phi) is 4.04. The molecule has 0 spiro atoms. The van der Waals surface area contributed by atoms with Crippen LogP contribution in [0.25, 0.3) is 0 Å². The molecule has 0 saturated carbocycles. The highest BCUT2D eigenvalue weighted by Gasteiger charge is 1.99. The van der Waals surface area contributed by atoms with Crippen molar-refractivity contribution >= 4 is 12.2 Å². The predicted molar refractivity (Wildman–Crippen MR) is 63.9 cm³/mol. The van der Waals surface area contributed by atoms with Crippen molar-refractivity contribution in [1.29, 1.82) is 5.26 Å². The van der Waals surface area contributed by atoms with E-state index in [4.69, 9.17) is 16.7 Å². The Labute approximate surface area is 94.1 Å². The second kappa shape index (κ2) is 5.51. The van der Waals surface area contributed by atoms with Crippen molar-refractivity contribution in [2.24, 2.45) is 21.7 Å². The van der Waals surface area contributed by atoms with Crippen LogP contribution in [-0.4, -0.2) is 12.2 Å². The lowest BCUT2D eigenvalue weighted by molar-refractivity contribution is 1.13. The third-order valence-electron chi connectivity index (χ3n) is 2.02. The molecular weight excluding hydrogens is 202 g/mol. The van der Waals surface area contributed by atoms with Crippen molar-refractivity contribution in [3.8, 4) is 6.07 Å². The van der Waals surface area contributed by atoms with E-state index in [1.165, 1.54) is 0 Å². The Balaban J connectivity index is 3.01. The summed E-state index contributed by atoms with van der Waals surface area (Å²) < 4.78 is 0. The summed E-state index contributed by atoms with van der Waals surface area (Å²) in [6.07, 6.45) is 2.39. The molecule has 0 aliphatic rings. The molecule has 0 saturated heterocycles. The van der Waals surface area contributed by atoms with Gasteiger partial charge < -0.3 is 11.5 Å². The zero-order chi connectivity index (χ0) is 12.0. The van der Waals surface area contributed by atoms with Gasteiger partial charge in [-0.1, -0.05) is 13.0 Å². The number of hydrogen-bond acceptors (Lipinski definition) is 3. The Morgan fingerprint density at radius 1 is 1.50 bits per heavy atom. The molecule has 0 heterocycles. The second-order valence-corrected chi connectivity index (χ2v) is 3.15. The predicted octanol–water partition coefficient (Wildman–Crippen LogP) is 0.728. The fourth-order valence-corrected chi connectivity index (χ4v) is 1.27. The molecule has 5 heteroatoms. The van der Waals surface area contributed by atoms with Crippen LogP contribution in [0.1, 0.15) is 23.6 Å². The minimum Gasteiger partial charge on any atom is -0.369 e. The normalized spacial score (nSPS) is 10.0. The maximum Gasteiger partial charge on any atom is 0.211 e. The third kappa shape index (κ3) is 3.10. The molecule has 0 radical (unpaired) electrons. The fraction of sp³-hybridized carbons (Fsp3) is 0.182. The van der Waals surface area contributed by atoms with Gasteiger partial charge in [0, 0.05) is 0 Å². The van der Waals surface area contributed by atoms with E-state index in [-0.39, 0.29) is 5.96 Å². The Hall–Kier alpha value is -2.35. The molecule has 82 valence electrons. The number of guanidine groups is 1. The number of nitriles is 1. The van der Waals surface area contributed by atoms with Crippen LogP contribution < -0.4 is 11.5 Å². The summed E-state index contributed by atoms with van der Waals surface area (Å²) in [5.74, 6) is -0.0806. The van der Waals surface area contributed by atoms with Crippen LogP contribution in [0.4, 0.5) is 0 Å². The topological polar surface area (TPSA) is 101 Å². The van der Waals surface area contributed by atoms with Crippen molar-refractivity contribution in [3.05, 3.63) is 34.9 Å². The van der Waals surface area contributed by atoms with Gasteiger partial charge in [-0.25, -0.2) is 0 Å². The smallest absolute Gasteiger partial charge is 0.211 e. The molecule has 0 aliphatic heterocycles. The molecule has 5 nitrogen and oxygen atoms in total. The van der Waals surface area contributed by atoms with Crippen LogP contribution in [0.3, 0.4) is 0 Å². The monoisotopic (exact) mass is 215 g/mol. The number of aryl methyl sites for hydroxylation is 1. The molecule has 16 heavy (non-hydrogen) atoms. The number of nitrogens with zero attached hydrogens (tertiary/aromatic N) is 3. The van der Waals surface area contributed by atoms with Crippen LogP contribution in [-0.2, 0) is 6.42 Å². The van der Waals surface area contributed by atoms with Crippen LogP contribution in [0.15, 0.2) is 28.4 Å². The molecule has 1 aromatic rings. The highest BCUT2D eigenvalue weighted by Crippen LogP contribution is 2.10. The van der Waals surface area contributed by atoms with E-state index < -0.39 is 0 Å². The van der Waals surface area contributed by atoms with Gasteiger partial charge >= 0.3 is 0 Å². The Morgan fingerprint density at radius 3 is 2.81 bits per heavy atom. The SMILES string of the molecule is CCc1cc(C#N)ccc1C=NN=C(N)N. The van der Waals surface area contributed by atoms with Crippen molar-refractivity contribution in [2.75, 3.05) is 0 Å². The number of hydrogen-bond donors (Lipinski definition) is 2. The highest BCUT2D eigenvalue weighted by molar-refractivity contribution is 5.83. The van der Waals surface area contributed by atoms with E-state index in [0.29, 0.717) is 5.56 Å². The van der Waals surface area contributed by atoms with Crippen LogP contribution in [0.2, 0.25) is 0 Å². The molecule has 0 aromatic heterocycles. The molecule has 1 rings (SSSR count). The zero-order valence-corrected chi connectivity index (χ0v) is 9.01. The minimum absolute atomic E-state index is 0.0806. The summed E-state index contributed by atoms with van der Waals surface area (Å²) in [6, 6.07) is 7.48. The van der Waals surface area contributed by atoms with E-state index in [1.807, 2.05) is 19.1 Å². The van der Waals surface area contributed by atoms with Crippen molar-refractivity contribution in [3.63, 3.8) is 0 Å². The molecule has 0 amide bonds. The van der Waals surface area contributed by atoms with Gasteiger partial charge in [0.2, 0.25) is 5.96 Å². The van der Waals surface area contributed by atoms with Gasteiger partial charge in [0.25, 0.3) is 0 Å². The summed E-state index contributed by atoms with van der Waals surface area (Å²) >= 11 is 0. The number of rotatable bonds is 3. The van der Waals surface area contributed by atoms with Gasteiger partial charge in [0.15, 0.2) is 0 Å². The molecule has 0 bridgehead atoms. The molecule has 0 unspecified atom stereocenters. The van der Waals surface area contributed by atoms with Gasteiger partial charge in [-0.05, 0) is 29.7 Å². The van der Waals surface area contributed by atoms with Gasteiger partial charge in [-0.15, -0.1) is 5.10 Å². The standard InChI is InChI=1S/C11H13N5/c1-2-9-5-8(6-12)3-4-10(9)7-15-16-11(13)14/h3-5,7H,2H2,1H3,(H4,13,14,16). The largest absolute Gasteiger partial charge is 0.369 e. The van der Waals surface area contributed by atoms with Gasteiger partial charge in [-0.2, -0.15) is 10.4 Å². The minimum atomic E-state index is -0.0806. The summed E-state index contributed by atoms with van der Waals surface area (Å²) in [5.41, 5.74) is 12.9. The lowest BCUT2D eigenvalue weighted by atomic mass is 10.0. The summed E-state index contributed by atoms with van der Waals surface area (Å²) in [7, 11) is 0. The lowest BCUT2D eigenvalue weighted by Gasteiger charge is -2.02. The summed E-state index contributed by atoms with van der Waals surface area (Å²) in [6.45, 7) is 2.01. The number of benzene rings is 1. The zero-order valence-electron chi connectivity index (χ0n) is 9.01. The van der Waals surface area contributed by atoms with Crippen LogP contribution in [0, 0.1) is 11.3 Å². The lowest BCUT2D eigenvalue weighted by Crippen LogP contribution is -2.21. The molecule has 0 atom stereocenters. The van der Waals surface area contributed by atoms with Crippen molar-refractivity contribution < 1.29 is 0 Å². The van der Waals surface area contributed by atoms with E-state index in [9.17, 15) is 0 Å². The molecule has 4 N–H and O–H groups in total. The first-order valence-corrected chi connectivity index (χ1v) is 4.82. The average Bonchev–Trinajstić information content (AvgIpc) is 2.29. The maximum absolute atomic E-state index is 8.76.